The largest absolute Gasteiger partial charge is 0.497 e. The number of para-hydroxylation sites is 1. The van der Waals surface area contributed by atoms with Gasteiger partial charge in [-0.15, -0.1) is 0 Å². The molecule has 32 heavy (non-hydrogen) atoms. The van der Waals surface area contributed by atoms with Gasteiger partial charge in [-0.3, -0.25) is 4.79 Å². The van der Waals surface area contributed by atoms with Gasteiger partial charge >= 0.3 is 5.63 Å². The van der Waals surface area contributed by atoms with Gasteiger partial charge in [-0.25, -0.2) is 4.79 Å². The number of amides is 1. The van der Waals surface area contributed by atoms with Gasteiger partial charge < -0.3 is 18.8 Å². The molecule has 0 aliphatic rings. The number of carbonyl (C=O) groups excluding carboxylic acids is 1. The molecule has 0 saturated carbocycles. The molecule has 162 valence electrons. The fraction of sp³-hybridized carbons (Fsp3) is 0.154. The molecule has 0 spiro atoms. The lowest BCUT2D eigenvalue weighted by Crippen LogP contribution is -2.33. The molecule has 4 aromatic rings. The Kier molecular flexibility index (Phi) is 6.22. The van der Waals surface area contributed by atoms with Crippen molar-refractivity contribution in [2.45, 2.75) is 13.1 Å². The molecule has 6 heteroatoms. The summed E-state index contributed by atoms with van der Waals surface area (Å²) in [6.45, 7) is 0.612. The molecule has 0 bridgehead atoms. The van der Waals surface area contributed by atoms with Gasteiger partial charge in [0.1, 0.15) is 22.6 Å². The summed E-state index contributed by atoms with van der Waals surface area (Å²) in [6, 6.07) is 23.7. The Morgan fingerprint density at radius 2 is 1.53 bits per heavy atom. The second-order valence-electron chi connectivity index (χ2n) is 7.35. The van der Waals surface area contributed by atoms with Crippen LogP contribution in [0.1, 0.15) is 21.5 Å². The molecule has 6 nitrogen and oxygen atoms in total. The maximum atomic E-state index is 13.5. The molecular formula is C26H23NO5. The number of carbonyl (C=O) groups is 1. The number of fused-ring (bicyclic) bond motifs is 1. The van der Waals surface area contributed by atoms with Crippen molar-refractivity contribution >= 4 is 16.9 Å². The predicted molar refractivity (Wildman–Crippen MR) is 122 cm³/mol. The number of methoxy groups -OCH3 is 2. The molecule has 0 aliphatic heterocycles. The highest BCUT2D eigenvalue weighted by Crippen LogP contribution is 2.20. The molecule has 1 aromatic heterocycles. The molecule has 3 aromatic carbocycles. The van der Waals surface area contributed by atoms with Crippen molar-refractivity contribution in [1.82, 2.24) is 4.90 Å². The first-order valence-electron chi connectivity index (χ1n) is 10.2. The van der Waals surface area contributed by atoms with Crippen molar-refractivity contribution < 1.29 is 18.7 Å². The molecule has 0 atom stereocenters. The number of ether oxygens (including phenoxy) is 2. The van der Waals surface area contributed by atoms with Gasteiger partial charge in [-0.05, 0) is 47.5 Å². The van der Waals surface area contributed by atoms with E-state index in [4.69, 9.17) is 13.9 Å². The molecule has 0 radical (unpaired) electrons. The third kappa shape index (κ3) is 4.64. The molecule has 0 fully saturated rings. The Morgan fingerprint density at radius 1 is 0.812 bits per heavy atom. The molecular weight excluding hydrogens is 406 g/mol. The van der Waals surface area contributed by atoms with E-state index >= 15 is 0 Å². The van der Waals surface area contributed by atoms with Crippen molar-refractivity contribution in [3.8, 4) is 11.5 Å². The van der Waals surface area contributed by atoms with Gasteiger partial charge in [-0.1, -0.05) is 42.5 Å². The van der Waals surface area contributed by atoms with E-state index in [1.807, 2.05) is 60.7 Å². The molecule has 0 N–H and O–H groups in total. The Labute approximate surface area is 185 Å². The minimum Gasteiger partial charge on any atom is -0.497 e. The molecule has 1 amide bonds. The Balaban J connectivity index is 1.70. The van der Waals surface area contributed by atoms with E-state index in [1.165, 1.54) is 0 Å². The van der Waals surface area contributed by atoms with Crippen LogP contribution in [0.5, 0.6) is 11.5 Å². The molecule has 4 rings (SSSR count). The maximum absolute atomic E-state index is 13.5. The van der Waals surface area contributed by atoms with Crippen molar-refractivity contribution in [3.63, 3.8) is 0 Å². The summed E-state index contributed by atoms with van der Waals surface area (Å²) in [6.07, 6.45) is 0. The van der Waals surface area contributed by atoms with Gasteiger partial charge in [0, 0.05) is 18.5 Å². The third-order valence-electron chi connectivity index (χ3n) is 5.20. The van der Waals surface area contributed by atoms with E-state index in [0.29, 0.717) is 29.8 Å². The zero-order chi connectivity index (χ0) is 22.5. The highest BCUT2D eigenvalue weighted by atomic mass is 16.5. The molecule has 0 aliphatic carbocycles. The molecule has 1 heterocycles. The standard InChI is InChI=1S/C26H23NO5/c1-30-21-12-10-18(11-13-21)16-27(17-19-6-5-8-22(14-19)31-2)25(28)23-15-20-7-3-4-9-24(20)32-26(23)29/h3-15H,16-17H2,1-2H3. The van der Waals surface area contributed by atoms with Gasteiger partial charge in [0.25, 0.3) is 5.91 Å². The lowest BCUT2D eigenvalue weighted by atomic mass is 10.1. The number of benzene rings is 3. The zero-order valence-electron chi connectivity index (χ0n) is 17.9. The van der Waals surface area contributed by atoms with Crippen LogP contribution in [0.15, 0.2) is 88.1 Å². The van der Waals surface area contributed by atoms with E-state index in [2.05, 4.69) is 0 Å². The zero-order valence-corrected chi connectivity index (χ0v) is 17.9. The minimum absolute atomic E-state index is 0.0000998. The second-order valence-corrected chi connectivity index (χ2v) is 7.35. The minimum atomic E-state index is -0.654. The van der Waals surface area contributed by atoms with Crippen LogP contribution in [0.25, 0.3) is 11.0 Å². The summed E-state index contributed by atoms with van der Waals surface area (Å²) in [4.78, 5) is 27.7. The first-order valence-corrected chi connectivity index (χ1v) is 10.2. The van der Waals surface area contributed by atoms with Crippen LogP contribution in [-0.4, -0.2) is 25.0 Å². The van der Waals surface area contributed by atoms with Crippen LogP contribution in [0, 0.1) is 0 Å². The van der Waals surface area contributed by atoms with Gasteiger partial charge in [0.2, 0.25) is 0 Å². The highest BCUT2D eigenvalue weighted by Gasteiger charge is 2.21. The predicted octanol–water partition coefficient (Wildman–Crippen LogP) is 4.65. The third-order valence-corrected chi connectivity index (χ3v) is 5.20. The summed E-state index contributed by atoms with van der Waals surface area (Å²) < 4.78 is 15.9. The quantitative estimate of drug-likeness (QED) is 0.400. The first-order chi connectivity index (χ1) is 15.6. The SMILES string of the molecule is COc1ccc(CN(Cc2cccc(OC)c2)C(=O)c2cc3ccccc3oc2=O)cc1. The van der Waals surface area contributed by atoms with Crippen LogP contribution < -0.4 is 15.1 Å². The average Bonchev–Trinajstić information content (AvgIpc) is 2.83. The number of hydrogen-bond donors (Lipinski definition) is 0. The maximum Gasteiger partial charge on any atom is 0.349 e. The van der Waals surface area contributed by atoms with Crippen LogP contribution in [0.2, 0.25) is 0 Å². The van der Waals surface area contributed by atoms with Crippen LogP contribution in [-0.2, 0) is 13.1 Å². The number of rotatable bonds is 7. The fourth-order valence-corrected chi connectivity index (χ4v) is 3.52. The number of hydrogen-bond acceptors (Lipinski definition) is 5. The second kappa shape index (κ2) is 9.39. The van der Waals surface area contributed by atoms with Crippen LogP contribution in [0.4, 0.5) is 0 Å². The van der Waals surface area contributed by atoms with Crippen molar-refractivity contribution in [2.24, 2.45) is 0 Å². The lowest BCUT2D eigenvalue weighted by molar-refractivity contribution is 0.0725. The summed E-state index contributed by atoms with van der Waals surface area (Å²) in [5, 5.41) is 0.696. The van der Waals surface area contributed by atoms with Gasteiger partial charge in [0.15, 0.2) is 0 Å². The fourth-order valence-electron chi connectivity index (χ4n) is 3.52. The number of nitrogens with zero attached hydrogens (tertiary/aromatic N) is 1. The Morgan fingerprint density at radius 3 is 2.28 bits per heavy atom. The van der Waals surface area contributed by atoms with Crippen molar-refractivity contribution in [3.05, 3.63) is 106 Å². The summed E-state index contributed by atoms with van der Waals surface area (Å²) >= 11 is 0. The van der Waals surface area contributed by atoms with Crippen LogP contribution >= 0.6 is 0 Å². The topological polar surface area (TPSA) is 69.0 Å². The Bertz CT molecular complexity index is 1290. The summed E-state index contributed by atoms with van der Waals surface area (Å²) in [5.41, 5.74) is 1.59. The highest BCUT2D eigenvalue weighted by molar-refractivity contribution is 5.96. The Hall–Kier alpha value is -4.06. The van der Waals surface area contributed by atoms with Crippen LogP contribution in [0.3, 0.4) is 0 Å². The normalized spacial score (nSPS) is 10.7. The van der Waals surface area contributed by atoms with E-state index in [9.17, 15) is 9.59 Å². The van der Waals surface area contributed by atoms with Crippen molar-refractivity contribution in [2.75, 3.05) is 14.2 Å². The molecule has 0 saturated heterocycles. The average molecular weight is 429 g/mol. The van der Waals surface area contributed by atoms with E-state index < -0.39 is 11.5 Å². The first kappa shape index (κ1) is 21.2. The van der Waals surface area contributed by atoms with Gasteiger partial charge in [0.05, 0.1) is 14.2 Å². The lowest BCUT2D eigenvalue weighted by Gasteiger charge is -2.23. The summed E-state index contributed by atoms with van der Waals surface area (Å²) in [5.74, 6) is 1.03. The monoisotopic (exact) mass is 429 g/mol. The van der Waals surface area contributed by atoms with E-state index in [-0.39, 0.29) is 5.56 Å². The van der Waals surface area contributed by atoms with E-state index in [0.717, 1.165) is 16.9 Å². The van der Waals surface area contributed by atoms with Crippen molar-refractivity contribution in [1.29, 1.82) is 0 Å². The smallest absolute Gasteiger partial charge is 0.349 e. The van der Waals surface area contributed by atoms with Gasteiger partial charge in [-0.2, -0.15) is 0 Å². The van der Waals surface area contributed by atoms with E-state index in [1.54, 1.807) is 37.3 Å². The summed E-state index contributed by atoms with van der Waals surface area (Å²) in [7, 11) is 3.20. The molecule has 0 unspecified atom stereocenters.